The number of nitrogens with one attached hydrogen (secondary N) is 1. The predicted molar refractivity (Wildman–Crippen MR) is 80.3 cm³/mol. The molecule has 1 aromatic carbocycles. The number of aromatic amines is 1. The summed E-state index contributed by atoms with van der Waals surface area (Å²) in [6.07, 6.45) is -0.319. The summed E-state index contributed by atoms with van der Waals surface area (Å²) in [5, 5.41) is 0. The number of nitrogens with zero attached hydrogens (tertiary/aromatic N) is 1. The number of hydrogen-bond acceptors (Lipinski definition) is 5. The Bertz CT molecular complexity index is 857. The van der Waals surface area contributed by atoms with Crippen LogP contribution in [0.4, 0.5) is 0 Å². The Morgan fingerprint density at radius 1 is 1.23 bits per heavy atom. The van der Waals surface area contributed by atoms with Crippen LogP contribution in [0.2, 0.25) is 0 Å². The molecule has 1 aliphatic heterocycles. The van der Waals surface area contributed by atoms with E-state index in [4.69, 9.17) is 9.15 Å². The molecule has 1 aromatic heterocycles. The lowest BCUT2D eigenvalue weighted by Gasteiger charge is -2.34. The normalized spacial score (nSPS) is 24.0. The third-order valence-electron chi connectivity index (χ3n) is 3.72. The van der Waals surface area contributed by atoms with Gasteiger partial charge in [-0.15, -0.1) is 0 Å². The molecule has 0 aliphatic carbocycles. The first-order chi connectivity index (χ1) is 10.3. The smallest absolute Gasteiger partial charge is 0.408 e. The van der Waals surface area contributed by atoms with Crippen LogP contribution in [0.3, 0.4) is 0 Å². The molecule has 0 unspecified atom stereocenters. The highest BCUT2D eigenvalue weighted by Crippen LogP contribution is 2.26. The molecular weight excluding hydrogens is 308 g/mol. The Hall–Kier alpha value is -1.64. The van der Waals surface area contributed by atoms with E-state index in [1.807, 2.05) is 13.8 Å². The second-order valence-electron chi connectivity index (χ2n) is 5.71. The Kier molecular flexibility index (Phi) is 3.62. The van der Waals surface area contributed by atoms with Crippen LogP contribution in [0.1, 0.15) is 19.4 Å². The Labute approximate surface area is 127 Å². The number of oxazole rings is 1. The fourth-order valence-corrected chi connectivity index (χ4v) is 4.64. The molecule has 1 N–H and O–H groups in total. The van der Waals surface area contributed by atoms with Gasteiger partial charge in [-0.05, 0) is 32.4 Å². The number of hydrogen-bond donors (Lipinski definition) is 1. The molecule has 8 heteroatoms. The van der Waals surface area contributed by atoms with Crippen molar-refractivity contribution in [3.63, 3.8) is 0 Å². The van der Waals surface area contributed by atoms with Gasteiger partial charge in [0, 0.05) is 19.2 Å². The van der Waals surface area contributed by atoms with Crippen molar-refractivity contribution in [2.24, 2.45) is 0 Å². The molecule has 0 bridgehead atoms. The van der Waals surface area contributed by atoms with E-state index in [1.54, 1.807) is 13.0 Å². The van der Waals surface area contributed by atoms with E-state index in [2.05, 4.69) is 4.98 Å². The molecule has 1 saturated heterocycles. The molecule has 0 spiro atoms. The molecule has 1 aliphatic rings. The van der Waals surface area contributed by atoms with Crippen LogP contribution < -0.4 is 5.76 Å². The van der Waals surface area contributed by atoms with Gasteiger partial charge in [-0.1, -0.05) is 0 Å². The topological polar surface area (TPSA) is 92.6 Å². The SMILES string of the molecule is Cc1cc2[nH]c(=O)oc2cc1S(=O)(=O)N1C[C@@H](C)O[C@H](C)C1. The second kappa shape index (κ2) is 5.22. The van der Waals surface area contributed by atoms with Crippen molar-refractivity contribution in [3.05, 3.63) is 28.2 Å². The molecule has 22 heavy (non-hydrogen) atoms. The molecule has 120 valence electrons. The van der Waals surface area contributed by atoms with E-state index in [0.29, 0.717) is 24.2 Å². The zero-order valence-electron chi connectivity index (χ0n) is 12.6. The highest BCUT2D eigenvalue weighted by Gasteiger charge is 2.33. The van der Waals surface area contributed by atoms with Gasteiger partial charge >= 0.3 is 5.76 Å². The molecule has 0 saturated carbocycles. The van der Waals surface area contributed by atoms with Crippen LogP contribution in [0.5, 0.6) is 0 Å². The van der Waals surface area contributed by atoms with Gasteiger partial charge in [0.15, 0.2) is 5.58 Å². The van der Waals surface area contributed by atoms with Gasteiger partial charge in [0.25, 0.3) is 0 Å². The third kappa shape index (κ3) is 2.57. The van der Waals surface area contributed by atoms with Gasteiger partial charge in [-0.3, -0.25) is 4.98 Å². The van der Waals surface area contributed by atoms with Crippen LogP contribution in [0.15, 0.2) is 26.2 Å². The Balaban J connectivity index is 2.08. The summed E-state index contributed by atoms with van der Waals surface area (Å²) in [6.45, 7) is 6.01. The van der Waals surface area contributed by atoms with Gasteiger partial charge in [0.2, 0.25) is 10.0 Å². The number of morpholine rings is 1. The van der Waals surface area contributed by atoms with E-state index in [-0.39, 0.29) is 22.7 Å². The van der Waals surface area contributed by atoms with Gasteiger partial charge in [-0.2, -0.15) is 4.31 Å². The standard InChI is InChI=1S/C14H18N2O5S/c1-8-4-11-12(21-14(17)15-11)5-13(8)22(18,19)16-6-9(2)20-10(3)7-16/h4-5,9-10H,6-7H2,1-3H3,(H,15,17)/t9-,10-/m1/s1. The van der Waals surface area contributed by atoms with Crippen molar-refractivity contribution >= 4 is 21.1 Å². The minimum Gasteiger partial charge on any atom is -0.408 e. The first-order valence-corrected chi connectivity index (χ1v) is 8.50. The van der Waals surface area contributed by atoms with Gasteiger partial charge < -0.3 is 9.15 Å². The van der Waals surface area contributed by atoms with Crippen molar-refractivity contribution in [3.8, 4) is 0 Å². The lowest BCUT2D eigenvalue weighted by Crippen LogP contribution is -2.48. The summed E-state index contributed by atoms with van der Waals surface area (Å²) in [5.74, 6) is -0.599. The molecule has 2 heterocycles. The minimum atomic E-state index is -3.66. The average molecular weight is 326 g/mol. The number of aromatic nitrogens is 1. The number of rotatable bonds is 2. The fourth-order valence-electron chi connectivity index (χ4n) is 2.83. The van der Waals surface area contributed by atoms with E-state index >= 15 is 0 Å². The van der Waals surface area contributed by atoms with Crippen LogP contribution in [0, 0.1) is 6.92 Å². The van der Waals surface area contributed by atoms with Gasteiger partial charge in [0.1, 0.15) is 0 Å². The minimum absolute atomic E-state index is 0.157. The predicted octanol–water partition coefficient (Wildman–Crippen LogP) is 1.23. The Morgan fingerprint density at radius 3 is 2.50 bits per heavy atom. The molecule has 2 aromatic rings. The lowest BCUT2D eigenvalue weighted by molar-refractivity contribution is -0.0440. The maximum Gasteiger partial charge on any atom is 0.417 e. The maximum atomic E-state index is 12.9. The van der Waals surface area contributed by atoms with Gasteiger partial charge in [-0.25, -0.2) is 13.2 Å². The van der Waals surface area contributed by atoms with Gasteiger partial charge in [0.05, 0.1) is 22.6 Å². The summed E-state index contributed by atoms with van der Waals surface area (Å²) in [4.78, 5) is 13.9. The third-order valence-corrected chi connectivity index (χ3v) is 5.69. The quantitative estimate of drug-likeness (QED) is 0.896. The van der Waals surface area contributed by atoms with Crippen LogP contribution in [0.25, 0.3) is 11.1 Å². The largest absolute Gasteiger partial charge is 0.417 e. The highest BCUT2D eigenvalue weighted by atomic mass is 32.2. The van der Waals surface area contributed by atoms with E-state index in [9.17, 15) is 13.2 Å². The zero-order valence-corrected chi connectivity index (χ0v) is 13.4. The molecule has 2 atom stereocenters. The van der Waals surface area contributed by atoms with Crippen molar-refractivity contribution < 1.29 is 17.6 Å². The number of ether oxygens (including phenoxy) is 1. The number of aryl methyl sites for hydroxylation is 1. The maximum absolute atomic E-state index is 12.9. The first kappa shape index (κ1) is 15.3. The second-order valence-corrected chi connectivity index (χ2v) is 7.61. The molecule has 7 nitrogen and oxygen atoms in total. The summed E-state index contributed by atoms with van der Waals surface area (Å²) in [7, 11) is -3.66. The zero-order chi connectivity index (χ0) is 16.1. The van der Waals surface area contributed by atoms with E-state index in [1.165, 1.54) is 10.4 Å². The van der Waals surface area contributed by atoms with E-state index < -0.39 is 15.8 Å². The summed E-state index contributed by atoms with van der Waals surface area (Å²) < 4.78 is 37.8. The fraction of sp³-hybridized carbons (Fsp3) is 0.500. The van der Waals surface area contributed by atoms with Crippen LogP contribution >= 0.6 is 0 Å². The molecule has 3 rings (SSSR count). The molecule has 1 fully saturated rings. The van der Waals surface area contributed by atoms with Crippen molar-refractivity contribution in [2.45, 2.75) is 37.9 Å². The van der Waals surface area contributed by atoms with E-state index in [0.717, 1.165) is 0 Å². The summed E-state index contributed by atoms with van der Waals surface area (Å²) >= 11 is 0. The van der Waals surface area contributed by atoms with Crippen LogP contribution in [-0.4, -0.2) is 43.0 Å². The molecule has 0 amide bonds. The van der Waals surface area contributed by atoms with Crippen molar-refractivity contribution in [2.75, 3.05) is 13.1 Å². The van der Waals surface area contributed by atoms with Crippen LogP contribution in [-0.2, 0) is 14.8 Å². The number of H-pyrrole nitrogens is 1. The van der Waals surface area contributed by atoms with Crippen molar-refractivity contribution in [1.29, 1.82) is 0 Å². The summed E-state index contributed by atoms with van der Waals surface area (Å²) in [6, 6.07) is 3.02. The first-order valence-electron chi connectivity index (χ1n) is 7.06. The molecular formula is C14H18N2O5S. The number of fused-ring (bicyclic) bond motifs is 1. The average Bonchev–Trinajstić information content (AvgIpc) is 2.75. The number of sulfonamides is 1. The number of benzene rings is 1. The monoisotopic (exact) mass is 326 g/mol. The molecule has 0 radical (unpaired) electrons. The Morgan fingerprint density at radius 2 is 1.86 bits per heavy atom. The van der Waals surface area contributed by atoms with Crippen molar-refractivity contribution in [1.82, 2.24) is 9.29 Å². The highest BCUT2D eigenvalue weighted by molar-refractivity contribution is 7.89. The lowest BCUT2D eigenvalue weighted by atomic mass is 10.2. The summed E-state index contributed by atoms with van der Waals surface area (Å²) in [5.41, 5.74) is 1.30.